The first-order valence-electron chi connectivity index (χ1n) is 9.44. The molecule has 28 heavy (non-hydrogen) atoms. The fourth-order valence-electron chi connectivity index (χ4n) is 2.86. The van der Waals surface area contributed by atoms with Crippen LogP contribution in [0.3, 0.4) is 0 Å². The smallest absolute Gasteiger partial charge is 0.257 e. The number of aromatic nitrogens is 1. The van der Waals surface area contributed by atoms with Gasteiger partial charge in [-0.15, -0.1) is 0 Å². The van der Waals surface area contributed by atoms with E-state index < -0.39 is 0 Å². The molecule has 0 saturated carbocycles. The number of nitrogens with one attached hydrogen (secondary N) is 2. The molecule has 3 rings (SSSR count). The van der Waals surface area contributed by atoms with E-state index in [1.807, 2.05) is 56.3 Å². The lowest BCUT2D eigenvalue weighted by molar-refractivity contribution is 0.102. The predicted molar refractivity (Wildman–Crippen MR) is 113 cm³/mol. The summed E-state index contributed by atoms with van der Waals surface area (Å²) in [4.78, 5) is 17.0. The van der Waals surface area contributed by atoms with E-state index in [-0.39, 0.29) is 12.0 Å². The van der Waals surface area contributed by atoms with Gasteiger partial charge in [-0.2, -0.15) is 0 Å². The van der Waals surface area contributed by atoms with Crippen molar-refractivity contribution in [3.63, 3.8) is 0 Å². The quantitative estimate of drug-likeness (QED) is 0.578. The zero-order chi connectivity index (χ0) is 19.9. The van der Waals surface area contributed by atoms with Gasteiger partial charge in [0.1, 0.15) is 5.75 Å². The fourth-order valence-corrected chi connectivity index (χ4v) is 2.86. The topological polar surface area (TPSA) is 63.2 Å². The summed E-state index contributed by atoms with van der Waals surface area (Å²) >= 11 is 0. The molecule has 1 amide bonds. The Kier molecular flexibility index (Phi) is 6.27. The van der Waals surface area contributed by atoms with Crippen molar-refractivity contribution >= 4 is 23.0 Å². The lowest BCUT2D eigenvalue weighted by atomic mass is 10.1. The highest BCUT2D eigenvalue weighted by Crippen LogP contribution is 2.26. The Bertz CT molecular complexity index is 954. The molecule has 5 nitrogen and oxygen atoms in total. The molecular weight excluding hydrogens is 350 g/mol. The molecule has 0 aliphatic carbocycles. The third kappa shape index (κ3) is 4.88. The van der Waals surface area contributed by atoms with E-state index in [0.29, 0.717) is 17.0 Å². The minimum atomic E-state index is -0.236. The summed E-state index contributed by atoms with van der Waals surface area (Å²) in [5.41, 5.74) is 4.09. The van der Waals surface area contributed by atoms with E-state index in [4.69, 9.17) is 4.74 Å². The van der Waals surface area contributed by atoms with Gasteiger partial charge in [0.2, 0.25) is 0 Å². The third-order valence-electron chi connectivity index (χ3n) is 4.18. The van der Waals surface area contributed by atoms with Gasteiger partial charge in [0, 0.05) is 11.9 Å². The largest absolute Gasteiger partial charge is 0.489 e. The lowest BCUT2D eigenvalue weighted by Crippen LogP contribution is -2.15. The number of anilines is 3. The number of aryl methyl sites for hydroxylation is 1. The maximum atomic E-state index is 12.7. The van der Waals surface area contributed by atoms with Crippen molar-refractivity contribution in [1.82, 2.24) is 4.98 Å². The van der Waals surface area contributed by atoms with Gasteiger partial charge in [0.05, 0.1) is 29.2 Å². The van der Waals surface area contributed by atoms with Crippen molar-refractivity contribution in [2.45, 2.75) is 33.3 Å². The van der Waals surface area contributed by atoms with Crippen LogP contribution in [0.25, 0.3) is 0 Å². The molecule has 3 aromatic rings. The number of benzene rings is 2. The van der Waals surface area contributed by atoms with Gasteiger partial charge in [-0.1, -0.05) is 37.3 Å². The number of hydrogen-bond acceptors (Lipinski definition) is 4. The molecule has 0 radical (unpaired) electrons. The van der Waals surface area contributed by atoms with Crippen molar-refractivity contribution in [3.8, 4) is 5.75 Å². The SMILES string of the molecule is CCc1ccccc1Nc1cncc(C(=O)Nc2ccccc2OC(C)C)c1. The number of nitrogens with zero attached hydrogens (tertiary/aromatic N) is 1. The summed E-state index contributed by atoms with van der Waals surface area (Å²) < 4.78 is 5.77. The van der Waals surface area contributed by atoms with Crippen LogP contribution < -0.4 is 15.4 Å². The first kappa shape index (κ1) is 19.4. The number of pyridine rings is 1. The highest BCUT2D eigenvalue weighted by molar-refractivity contribution is 6.05. The molecule has 0 aliphatic rings. The van der Waals surface area contributed by atoms with E-state index in [0.717, 1.165) is 17.8 Å². The van der Waals surface area contributed by atoms with Gasteiger partial charge < -0.3 is 15.4 Å². The number of carbonyl (C=O) groups is 1. The Balaban J connectivity index is 1.78. The summed E-state index contributed by atoms with van der Waals surface area (Å²) in [5, 5.41) is 6.27. The van der Waals surface area contributed by atoms with Gasteiger partial charge in [0.15, 0.2) is 0 Å². The molecule has 0 saturated heterocycles. The summed E-state index contributed by atoms with van der Waals surface area (Å²) in [6, 6.07) is 17.3. The average molecular weight is 375 g/mol. The number of ether oxygens (including phenoxy) is 1. The number of rotatable bonds is 7. The molecule has 0 spiro atoms. The van der Waals surface area contributed by atoms with Crippen molar-refractivity contribution in [1.29, 1.82) is 0 Å². The first-order valence-corrected chi connectivity index (χ1v) is 9.44. The second kappa shape index (κ2) is 9.04. The predicted octanol–water partition coefficient (Wildman–Crippen LogP) is 5.43. The molecular formula is C23H25N3O2. The first-order chi connectivity index (χ1) is 13.6. The highest BCUT2D eigenvalue weighted by atomic mass is 16.5. The fraction of sp³-hybridized carbons (Fsp3) is 0.217. The molecule has 0 unspecified atom stereocenters. The standard InChI is InChI=1S/C23H25N3O2/c1-4-17-9-5-6-10-20(17)25-19-13-18(14-24-15-19)23(27)26-21-11-7-8-12-22(21)28-16(2)3/h5-16,25H,4H2,1-3H3,(H,26,27). The van der Waals surface area contributed by atoms with Crippen LogP contribution in [0.1, 0.15) is 36.7 Å². The van der Waals surface area contributed by atoms with E-state index in [2.05, 4.69) is 28.6 Å². The number of amides is 1. The summed E-state index contributed by atoms with van der Waals surface area (Å²) in [7, 11) is 0. The van der Waals surface area contributed by atoms with Crippen LogP contribution in [0.4, 0.5) is 17.1 Å². The summed E-state index contributed by atoms with van der Waals surface area (Å²) in [5.74, 6) is 0.407. The van der Waals surface area contributed by atoms with Gasteiger partial charge in [-0.25, -0.2) is 0 Å². The van der Waals surface area contributed by atoms with Crippen LogP contribution in [0.2, 0.25) is 0 Å². The Labute approximate surface area is 165 Å². The van der Waals surface area contributed by atoms with Gasteiger partial charge in [-0.3, -0.25) is 9.78 Å². The minimum Gasteiger partial charge on any atom is -0.489 e. The number of para-hydroxylation sites is 3. The lowest BCUT2D eigenvalue weighted by Gasteiger charge is -2.15. The van der Waals surface area contributed by atoms with Crippen molar-refractivity contribution in [2.24, 2.45) is 0 Å². The second-order valence-electron chi connectivity index (χ2n) is 6.71. The van der Waals surface area contributed by atoms with Crippen LogP contribution in [0.15, 0.2) is 67.0 Å². The average Bonchev–Trinajstić information content (AvgIpc) is 2.70. The zero-order valence-corrected chi connectivity index (χ0v) is 16.4. The molecule has 0 bridgehead atoms. The molecule has 144 valence electrons. The number of carbonyl (C=O) groups excluding carboxylic acids is 1. The maximum absolute atomic E-state index is 12.7. The van der Waals surface area contributed by atoms with E-state index >= 15 is 0 Å². The van der Waals surface area contributed by atoms with Crippen LogP contribution in [-0.2, 0) is 6.42 Å². The monoisotopic (exact) mass is 375 g/mol. The zero-order valence-electron chi connectivity index (χ0n) is 16.4. The van der Waals surface area contributed by atoms with Crippen molar-refractivity contribution in [2.75, 3.05) is 10.6 Å². The highest BCUT2D eigenvalue weighted by Gasteiger charge is 2.12. The van der Waals surface area contributed by atoms with Gasteiger partial charge in [0.25, 0.3) is 5.91 Å². The molecule has 1 heterocycles. The maximum Gasteiger partial charge on any atom is 0.257 e. The molecule has 2 N–H and O–H groups in total. The van der Waals surface area contributed by atoms with Crippen molar-refractivity contribution in [3.05, 3.63) is 78.1 Å². The molecule has 5 heteroatoms. The molecule has 0 atom stereocenters. The number of hydrogen-bond donors (Lipinski definition) is 2. The molecule has 0 aliphatic heterocycles. The van der Waals surface area contributed by atoms with Crippen LogP contribution in [0, 0.1) is 0 Å². The summed E-state index contributed by atoms with van der Waals surface area (Å²) in [6.45, 7) is 6.01. The van der Waals surface area contributed by atoms with E-state index in [1.54, 1.807) is 18.5 Å². The Hall–Kier alpha value is -3.34. The van der Waals surface area contributed by atoms with Crippen LogP contribution in [0.5, 0.6) is 5.75 Å². The van der Waals surface area contributed by atoms with E-state index in [9.17, 15) is 4.79 Å². The third-order valence-corrected chi connectivity index (χ3v) is 4.18. The van der Waals surface area contributed by atoms with E-state index in [1.165, 1.54) is 5.56 Å². The van der Waals surface area contributed by atoms with Crippen LogP contribution >= 0.6 is 0 Å². The Morgan fingerprint density at radius 3 is 2.50 bits per heavy atom. The minimum absolute atomic E-state index is 0.0193. The normalized spacial score (nSPS) is 10.6. The van der Waals surface area contributed by atoms with Crippen LogP contribution in [-0.4, -0.2) is 17.0 Å². The molecule has 1 aromatic heterocycles. The van der Waals surface area contributed by atoms with Gasteiger partial charge >= 0.3 is 0 Å². The summed E-state index contributed by atoms with van der Waals surface area (Å²) in [6.07, 6.45) is 4.20. The Morgan fingerprint density at radius 1 is 1.04 bits per heavy atom. The van der Waals surface area contributed by atoms with Crippen molar-refractivity contribution < 1.29 is 9.53 Å². The molecule has 0 fully saturated rings. The Morgan fingerprint density at radius 2 is 1.75 bits per heavy atom. The van der Waals surface area contributed by atoms with Gasteiger partial charge in [-0.05, 0) is 50.1 Å². The molecule has 2 aromatic carbocycles. The second-order valence-corrected chi connectivity index (χ2v) is 6.71.